The Morgan fingerprint density at radius 1 is 1.32 bits per heavy atom. The minimum absolute atomic E-state index is 0.480. The van der Waals surface area contributed by atoms with E-state index >= 15 is 0 Å². The summed E-state index contributed by atoms with van der Waals surface area (Å²) < 4.78 is 5.36. The van der Waals surface area contributed by atoms with E-state index in [1.807, 2.05) is 20.0 Å². The van der Waals surface area contributed by atoms with E-state index in [9.17, 15) is 0 Å². The summed E-state index contributed by atoms with van der Waals surface area (Å²) in [5.74, 6) is 1.77. The summed E-state index contributed by atoms with van der Waals surface area (Å²) in [7, 11) is 1.69. The number of nitrogens with zero attached hydrogens (tertiary/aromatic N) is 2. The van der Waals surface area contributed by atoms with E-state index in [2.05, 4.69) is 28.2 Å². The standard InChI is InChI=1S/C15H17N3O/c1-10-7-12(8-11(2)15(10)19-3)13-9-17-14(18-13)5-4-6-16/h7-9H,4-5H2,1-3H3,(H,17,18). The Balaban J connectivity index is 2.32. The zero-order valence-corrected chi connectivity index (χ0v) is 11.4. The first kappa shape index (κ1) is 13.2. The molecule has 0 saturated carbocycles. The van der Waals surface area contributed by atoms with Crippen molar-refractivity contribution in [3.8, 4) is 23.1 Å². The molecule has 19 heavy (non-hydrogen) atoms. The molecule has 0 saturated heterocycles. The molecule has 1 N–H and O–H groups in total. The van der Waals surface area contributed by atoms with E-state index in [4.69, 9.17) is 10.00 Å². The molecular weight excluding hydrogens is 238 g/mol. The zero-order valence-electron chi connectivity index (χ0n) is 11.4. The maximum absolute atomic E-state index is 8.58. The Morgan fingerprint density at radius 3 is 2.58 bits per heavy atom. The van der Waals surface area contributed by atoms with Gasteiger partial charge in [-0.2, -0.15) is 5.26 Å². The first-order valence-corrected chi connectivity index (χ1v) is 6.22. The van der Waals surface area contributed by atoms with Gasteiger partial charge in [0.25, 0.3) is 0 Å². The summed E-state index contributed by atoms with van der Waals surface area (Å²) in [5.41, 5.74) is 4.27. The van der Waals surface area contributed by atoms with Crippen molar-refractivity contribution in [2.75, 3.05) is 7.11 Å². The number of hydrogen-bond acceptors (Lipinski definition) is 3. The van der Waals surface area contributed by atoms with Gasteiger partial charge in [0.1, 0.15) is 11.6 Å². The minimum atomic E-state index is 0.480. The lowest BCUT2D eigenvalue weighted by molar-refractivity contribution is 0.408. The van der Waals surface area contributed by atoms with E-state index in [1.165, 1.54) is 0 Å². The molecule has 1 aromatic heterocycles. The molecule has 0 amide bonds. The Kier molecular flexibility index (Phi) is 3.86. The van der Waals surface area contributed by atoms with E-state index in [-0.39, 0.29) is 0 Å². The van der Waals surface area contributed by atoms with Gasteiger partial charge in [-0.3, -0.25) is 0 Å². The SMILES string of the molecule is COc1c(C)cc(-c2cnc(CCC#N)[nH]2)cc1C. The lowest BCUT2D eigenvalue weighted by Gasteiger charge is -2.10. The van der Waals surface area contributed by atoms with Gasteiger partial charge in [-0.1, -0.05) is 0 Å². The second-order valence-corrected chi connectivity index (χ2v) is 4.54. The molecule has 0 radical (unpaired) electrons. The molecule has 0 aliphatic rings. The van der Waals surface area contributed by atoms with Crippen molar-refractivity contribution in [1.29, 1.82) is 5.26 Å². The van der Waals surface area contributed by atoms with Crippen LogP contribution in [0.1, 0.15) is 23.4 Å². The van der Waals surface area contributed by atoms with Crippen LogP contribution >= 0.6 is 0 Å². The van der Waals surface area contributed by atoms with Gasteiger partial charge >= 0.3 is 0 Å². The average Bonchev–Trinajstić information content (AvgIpc) is 2.84. The van der Waals surface area contributed by atoms with E-state index in [0.717, 1.165) is 34.0 Å². The number of rotatable bonds is 4. The predicted octanol–water partition coefficient (Wildman–Crippen LogP) is 3.16. The molecule has 0 fully saturated rings. The molecule has 0 atom stereocenters. The first-order chi connectivity index (χ1) is 9.15. The van der Waals surface area contributed by atoms with Crippen LogP contribution in [0, 0.1) is 25.2 Å². The third-order valence-corrected chi connectivity index (χ3v) is 3.08. The summed E-state index contributed by atoms with van der Waals surface area (Å²) in [4.78, 5) is 7.55. The van der Waals surface area contributed by atoms with Crippen molar-refractivity contribution in [3.05, 3.63) is 35.3 Å². The van der Waals surface area contributed by atoms with Gasteiger partial charge in [0.2, 0.25) is 0 Å². The quantitative estimate of drug-likeness (QED) is 0.912. The summed E-state index contributed by atoms with van der Waals surface area (Å²) in [6, 6.07) is 6.28. The molecule has 0 unspecified atom stereocenters. The monoisotopic (exact) mass is 255 g/mol. The largest absolute Gasteiger partial charge is 0.496 e. The van der Waals surface area contributed by atoms with Crippen molar-refractivity contribution >= 4 is 0 Å². The molecule has 2 aromatic rings. The van der Waals surface area contributed by atoms with Crippen LogP contribution in [0.3, 0.4) is 0 Å². The zero-order chi connectivity index (χ0) is 13.8. The number of ether oxygens (including phenoxy) is 1. The van der Waals surface area contributed by atoms with Crippen LogP contribution in [0.25, 0.3) is 11.3 Å². The molecule has 4 heteroatoms. The number of nitriles is 1. The van der Waals surface area contributed by atoms with Crippen molar-refractivity contribution in [2.24, 2.45) is 0 Å². The molecule has 0 aliphatic carbocycles. The summed E-state index contributed by atoms with van der Waals surface area (Å²) in [6.07, 6.45) is 2.95. The average molecular weight is 255 g/mol. The molecule has 0 spiro atoms. The number of aromatic nitrogens is 2. The second kappa shape index (κ2) is 5.57. The molecule has 2 rings (SSSR count). The Labute approximate surface area is 113 Å². The third-order valence-electron chi connectivity index (χ3n) is 3.08. The van der Waals surface area contributed by atoms with Crippen LogP contribution in [0.15, 0.2) is 18.3 Å². The van der Waals surface area contributed by atoms with Crippen LogP contribution in [0.2, 0.25) is 0 Å². The second-order valence-electron chi connectivity index (χ2n) is 4.54. The van der Waals surface area contributed by atoms with Crippen molar-refractivity contribution < 1.29 is 4.74 Å². The summed E-state index contributed by atoms with van der Waals surface area (Å²) >= 11 is 0. The highest BCUT2D eigenvalue weighted by Crippen LogP contribution is 2.29. The minimum Gasteiger partial charge on any atom is -0.496 e. The normalized spacial score (nSPS) is 10.2. The van der Waals surface area contributed by atoms with Crippen molar-refractivity contribution in [2.45, 2.75) is 26.7 Å². The van der Waals surface area contributed by atoms with Gasteiger partial charge in [-0.05, 0) is 37.1 Å². The number of aromatic amines is 1. The molecule has 98 valence electrons. The molecule has 4 nitrogen and oxygen atoms in total. The number of imidazole rings is 1. The van der Waals surface area contributed by atoms with Gasteiger partial charge in [0, 0.05) is 18.4 Å². The van der Waals surface area contributed by atoms with Crippen LogP contribution < -0.4 is 4.74 Å². The Morgan fingerprint density at radius 2 is 2.00 bits per heavy atom. The third kappa shape index (κ3) is 2.76. The van der Waals surface area contributed by atoms with Crippen LogP contribution in [0.5, 0.6) is 5.75 Å². The summed E-state index contributed by atoms with van der Waals surface area (Å²) in [5, 5.41) is 8.58. The predicted molar refractivity (Wildman–Crippen MR) is 74.0 cm³/mol. The molecule has 1 aromatic carbocycles. The number of nitrogens with one attached hydrogen (secondary N) is 1. The van der Waals surface area contributed by atoms with Gasteiger partial charge in [-0.25, -0.2) is 4.98 Å². The first-order valence-electron chi connectivity index (χ1n) is 6.22. The highest BCUT2D eigenvalue weighted by molar-refractivity contribution is 5.63. The van der Waals surface area contributed by atoms with Crippen LogP contribution in [0.4, 0.5) is 0 Å². The lowest BCUT2D eigenvalue weighted by Crippen LogP contribution is -1.92. The van der Waals surface area contributed by atoms with Crippen LogP contribution in [-0.2, 0) is 6.42 Å². The summed E-state index contributed by atoms with van der Waals surface area (Å²) in [6.45, 7) is 4.06. The highest BCUT2D eigenvalue weighted by atomic mass is 16.5. The fraction of sp³-hybridized carbons (Fsp3) is 0.333. The van der Waals surface area contributed by atoms with Gasteiger partial charge in [-0.15, -0.1) is 0 Å². The number of benzene rings is 1. The van der Waals surface area contributed by atoms with Gasteiger partial charge in [0.15, 0.2) is 0 Å². The van der Waals surface area contributed by atoms with E-state index in [0.29, 0.717) is 12.8 Å². The molecule has 1 heterocycles. The molecule has 0 aliphatic heterocycles. The maximum atomic E-state index is 8.58. The maximum Gasteiger partial charge on any atom is 0.124 e. The number of methoxy groups -OCH3 is 1. The molecule has 0 bridgehead atoms. The number of aryl methyl sites for hydroxylation is 3. The molecular formula is C15H17N3O. The van der Waals surface area contributed by atoms with Gasteiger partial charge < -0.3 is 9.72 Å². The lowest BCUT2D eigenvalue weighted by atomic mass is 10.0. The Bertz CT molecular complexity index is 600. The number of H-pyrrole nitrogens is 1. The fourth-order valence-electron chi connectivity index (χ4n) is 2.24. The smallest absolute Gasteiger partial charge is 0.124 e. The topological polar surface area (TPSA) is 61.7 Å². The van der Waals surface area contributed by atoms with E-state index in [1.54, 1.807) is 7.11 Å². The van der Waals surface area contributed by atoms with E-state index < -0.39 is 0 Å². The Hall–Kier alpha value is -2.28. The highest BCUT2D eigenvalue weighted by Gasteiger charge is 2.09. The number of hydrogen-bond donors (Lipinski definition) is 1. The van der Waals surface area contributed by atoms with Crippen molar-refractivity contribution in [3.63, 3.8) is 0 Å². The van der Waals surface area contributed by atoms with Crippen LogP contribution in [-0.4, -0.2) is 17.1 Å². The fourth-order valence-corrected chi connectivity index (χ4v) is 2.24. The van der Waals surface area contributed by atoms with Gasteiger partial charge in [0.05, 0.1) is 25.1 Å². The van der Waals surface area contributed by atoms with Crippen molar-refractivity contribution in [1.82, 2.24) is 9.97 Å².